The summed E-state index contributed by atoms with van der Waals surface area (Å²) in [6.07, 6.45) is 0. The van der Waals surface area contributed by atoms with Crippen LogP contribution in [0.1, 0.15) is 18.5 Å². The number of nitro groups is 1. The van der Waals surface area contributed by atoms with Crippen molar-refractivity contribution in [3.05, 3.63) is 51.2 Å². The molecule has 10 nitrogen and oxygen atoms in total. The van der Waals surface area contributed by atoms with Crippen LogP contribution in [0.5, 0.6) is 0 Å². The fourth-order valence-corrected chi connectivity index (χ4v) is 3.38. The number of carbonyl (C=O) groups is 3. The Hall–Kier alpha value is -3.43. The lowest BCUT2D eigenvalue weighted by atomic mass is 9.95. The average Bonchev–Trinajstić information content (AvgIpc) is 2.97. The second-order valence-electron chi connectivity index (χ2n) is 6.79. The van der Waals surface area contributed by atoms with Crippen LogP contribution in [-0.4, -0.2) is 71.2 Å². The molecule has 28 heavy (non-hydrogen) atoms. The molecule has 0 aromatic heterocycles. The van der Waals surface area contributed by atoms with Gasteiger partial charge in [-0.05, 0) is 12.5 Å². The van der Waals surface area contributed by atoms with Crippen molar-refractivity contribution in [3.8, 4) is 0 Å². The molecule has 0 unspecified atom stereocenters. The maximum Gasteiger partial charge on any atom is 0.322 e. The first-order valence-corrected chi connectivity index (χ1v) is 8.79. The summed E-state index contributed by atoms with van der Waals surface area (Å²) in [5.41, 5.74) is 1.18. The number of non-ortho nitro benzene ring substituents is 1. The van der Waals surface area contributed by atoms with Gasteiger partial charge in [0, 0.05) is 32.8 Å². The number of hydrogen-bond donors (Lipinski definition) is 1. The van der Waals surface area contributed by atoms with Crippen molar-refractivity contribution < 1.29 is 19.3 Å². The number of hydrogen-bond acceptors (Lipinski definition) is 5. The summed E-state index contributed by atoms with van der Waals surface area (Å²) in [7, 11) is 3.21. The Bertz CT molecular complexity index is 894. The van der Waals surface area contributed by atoms with E-state index in [9.17, 15) is 24.5 Å². The van der Waals surface area contributed by atoms with E-state index in [1.165, 1.54) is 32.9 Å². The highest BCUT2D eigenvalue weighted by atomic mass is 16.6. The quantitative estimate of drug-likeness (QED) is 0.594. The van der Waals surface area contributed by atoms with Crippen LogP contribution in [0.25, 0.3) is 0 Å². The van der Waals surface area contributed by atoms with Gasteiger partial charge in [0.2, 0.25) is 5.91 Å². The van der Waals surface area contributed by atoms with E-state index in [2.05, 4.69) is 5.32 Å². The molecule has 0 bridgehead atoms. The molecule has 4 amide bonds. The molecule has 2 aliphatic heterocycles. The molecule has 0 spiro atoms. The van der Waals surface area contributed by atoms with Crippen LogP contribution in [0.4, 0.5) is 10.5 Å². The van der Waals surface area contributed by atoms with Crippen LogP contribution in [0, 0.1) is 10.1 Å². The lowest BCUT2D eigenvalue weighted by molar-refractivity contribution is -0.384. The molecule has 10 heteroatoms. The van der Waals surface area contributed by atoms with Crippen molar-refractivity contribution in [1.29, 1.82) is 0 Å². The standard InChI is InChI=1S/C18H21N5O5/c1-4-22-13-9-21(10-14(24)20(2)3)17(25)15(13)16(19-18(22)26)11-6-5-7-12(8-11)23(27)28/h5-8,16H,4,9-10H2,1-3H3,(H,19,26)/t16-/m0/s1. The third-order valence-electron chi connectivity index (χ3n) is 4.85. The van der Waals surface area contributed by atoms with Crippen LogP contribution < -0.4 is 5.32 Å². The number of nitro benzene ring substituents is 1. The molecule has 1 N–H and O–H groups in total. The maximum absolute atomic E-state index is 13.1. The summed E-state index contributed by atoms with van der Waals surface area (Å²) in [5, 5.41) is 13.9. The molecule has 2 aliphatic rings. The Labute approximate surface area is 161 Å². The zero-order chi connectivity index (χ0) is 20.6. The number of rotatable bonds is 5. The Kier molecular flexibility index (Phi) is 5.04. The van der Waals surface area contributed by atoms with E-state index in [4.69, 9.17) is 0 Å². The Morgan fingerprint density at radius 1 is 1.36 bits per heavy atom. The minimum atomic E-state index is -0.808. The number of likely N-dealkylation sites (N-methyl/N-ethyl adjacent to an activating group) is 2. The molecule has 1 atom stereocenters. The summed E-state index contributed by atoms with van der Waals surface area (Å²) >= 11 is 0. The van der Waals surface area contributed by atoms with Crippen LogP contribution in [0.2, 0.25) is 0 Å². The molecule has 3 rings (SSSR count). The molecule has 1 aromatic rings. The molecule has 0 saturated heterocycles. The van der Waals surface area contributed by atoms with Crippen molar-refractivity contribution in [2.75, 3.05) is 33.7 Å². The van der Waals surface area contributed by atoms with Gasteiger partial charge in [-0.15, -0.1) is 0 Å². The SMILES string of the molecule is CCN1C(=O)N[C@@H](c2cccc([N+](=O)[O-])c2)C2=C1CN(CC(=O)N(C)C)C2=O. The first-order chi connectivity index (χ1) is 13.2. The average molecular weight is 387 g/mol. The molecule has 0 fully saturated rings. The van der Waals surface area contributed by atoms with Gasteiger partial charge < -0.3 is 15.1 Å². The lowest BCUT2D eigenvalue weighted by Gasteiger charge is -2.32. The Morgan fingerprint density at radius 2 is 2.07 bits per heavy atom. The Balaban J connectivity index is 2.01. The number of nitrogens with one attached hydrogen (secondary N) is 1. The number of carbonyl (C=O) groups excluding carboxylic acids is 3. The van der Waals surface area contributed by atoms with Crippen molar-refractivity contribution in [1.82, 2.24) is 20.0 Å². The second kappa shape index (κ2) is 7.29. The van der Waals surface area contributed by atoms with Gasteiger partial charge in [0.1, 0.15) is 6.54 Å². The summed E-state index contributed by atoms with van der Waals surface area (Å²) in [6, 6.07) is 4.64. The smallest absolute Gasteiger partial charge is 0.322 e. The van der Waals surface area contributed by atoms with Gasteiger partial charge in [-0.1, -0.05) is 12.1 Å². The summed E-state index contributed by atoms with van der Waals surface area (Å²) in [4.78, 5) is 52.5. The van der Waals surface area contributed by atoms with Crippen LogP contribution in [0.15, 0.2) is 35.5 Å². The first-order valence-electron chi connectivity index (χ1n) is 8.79. The fourth-order valence-electron chi connectivity index (χ4n) is 3.38. The zero-order valence-corrected chi connectivity index (χ0v) is 15.8. The zero-order valence-electron chi connectivity index (χ0n) is 15.8. The fraction of sp³-hybridized carbons (Fsp3) is 0.389. The number of benzene rings is 1. The summed E-state index contributed by atoms with van der Waals surface area (Å²) in [5.74, 6) is -0.595. The molecule has 1 aromatic carbocycles. The van der Waals surface area contributed by atoms with E-state index in [1.54, 1.807) is 27.1 Å². The van der Waals surface area contributed by atoms with Gasteiger partial charge >= 0.3 is 6.03 Å². The largest absolute Gasteiger partial charge is 0.347 e. The third kappa shape index (κ3) is 3.28. The second-order valence-corrected chi connectivity index (χ2v) is 6.79. The Morgan fingerprint density at radius 3 is 2.68 bits per heavy atom. The number of urea groups is 1. The van der Waals surface area contributed by atoms with Gasteiger partial charge in [-0.3, -0.25) is 24.6 Å². The molecule has 0 saturated carbocycles. The highest BCUT2D eigenvalue weighted by molar-refractivity contribution is 6.03. The van der Waals surface area contributed by atoms with Gasteiger partial charge in [0.05, 0.1) is 28.8 Å². The number of amides is 4. The van der Waals surface area contributed by atoms with Crippen LogP contribution in [0.3, 0.4) is 0 Å². The van der Waals surface area contributed by atoms with Crippen molar-refractivity contribution in [2.45, 2.75) is 13.0 Å². The van der Waals surface area contributed by atoms with Crippen LogP contribution >= 0.6 is 0 Å². The third-order valence-corrected chi connectivity index (χ3v) is 4.85. The van der Waals surface area contributed by atoms with Gasteiger partial charge in [0.15, 0.2) is 0 Å². The first kappa shape index (κ1) is 19.3. The summed E-state index contributed by atoms with van der Waals surface area (Å²) < 4.78 is 0. The van der Waals surface area contributed by atoms with E-state index in [0.717, 1.165) is 0 Å². The van der Waals surface area contributed by atoms with E-state index < -0.39 is 11.0 Å². The maximum atomic E-state index is 13.1. The molecule has 0 aliphatic carbocycles. The predicted molar refractivity (Wildman–Crippen MR) is 99.0 cm³/mol. The van der Waals surface area contributed by atoms with Crippen molar-refractivity contribution >= 4 is 23.5 Å². The predicted octanol–water partition coefficient (Wildman–Crippen LogP) is 0.865. The topological polar surface area (TPSA) is 116 Å². The highest BCUT2D eigenvalue weighted by Crippen LogP contribution is 2.36. The van der Waals surface area contributed by atoms with Crippen LogP contribution in [-0.2, 0) is 9.59 Å². The van der Waals surface area contributed by atoms with Crippen molar-refractivity contribution in [3.63, 3.8) is 0 Å². The van der Waals surface area contributed by atoms with Gasteiger partial charge in [-0.2, -0.15) is 0 Å². The van der Waals surface area contributed by atoms with E-state index >= 15 is 0 Å². The van der Waals surface area contributed by atoms with E-state index in [1.807, 2.05) is 0 Å². The minimum Gasteiger partial charge on any atom is -0.347 e. The normalized spacial score (nSPS) is 18.9. The lowest BCUT2D eigenvalue weighted by Crippen LogP contribution is -2.47. The number of nitrogens with zero attached hydrogens (tertiary/aromatic N) is 4. The van der Waals surface area contributed by atoms with Gasteiger partial charge in [-0.25, -0.2) is 4.79 Å². The van der Waals surface area contributed by atoms with Gasteiger partial charge in [0.25, 0.3) is 11.6 Å². The molecule has 148 valence electrons. The minimum absolute atomic E-state index is 0.105. The van der Waals surface area contributed by atoms with E-state index in [-0.39, 0.29) is 36.6 Å². The van der Waals surface area contributed by atoms with E-state index in [0.29, 0.717) is 23.4 Å². The molecule has 0 radical (unpaired) electrons. The molecule has 2 heterocycles. The monoisotopic (exact) mass is 387 g/mol. The molecular formula is C18H21N5O5. The summed E-state index contributed by atoms with van der Waals surface area (Å²) in [6.45, 7) is 2.18. The molecular weight excluding hydrogens is 366 g/mol. The highest BCUT2D eigenvalue weighted by Gasteiger charge is 2.44. The van der Waals surface area contributed by atoms with Crippen molar-refractivity contribution in [2.24, 2.45) is 0 Å².